The number of ether oxygens (including phenoxy) is 1. The fourth-order valence-electron chi connectivity index (χ4n) is 1.70. The van der Waals surface area contributed by atoms with Gasteiger partial charge in [-0.25, -0.2) is 4.98 Å². The highest BCUT2D eigenvalue weighted by atomic mass is 16.5. The Morgan fingerprint density at radius 1 is 1.40 bits per heavy atom. The van der Waals surface area contributed by atoms with Gasteiger partial charge in [0.15, 0.2) is 0 Å². The van der Waals surface area contributed by atoms with Crippen LogP contribution in [0.1, 0.15) is 5.69 Å². The minimum Gasteiger partial charge on any atom is -0.379 e. The molecule has 0 atom stereocenters. The molecule has 0 amide bonds. The molecule has 2 rings (SSSR count). The molecule has 2 heterocycles. The molecule has 1 aliphatic heterocycles. The van der Waals surface area contributed by atoms with Gasteiger partial charge in [0, 0.05) is 26.7 Å². The van der Waals surface area contributed by atoms with Crippen LogP contribution in [0.4, 0.5) is 5.82 Å². The molecule has 1 fully saturated rings. The molecule has 4 heteroatoms. The van der Waals surface area contributed by atoms with Crippen LogP contribution in [0.2, 0.25) is 0 Å². The molecule has 1 aromatic heterocycles. The smallest absolute Gasteiger partial charge is 0.126 e. The maximum Gasteiger partial charge on any atom is 0.126 e. The molecule has 0 unspecified atom stereocenters. The average Bonchev–Trinajstić information content (AvgIpc) is 2.31. The number of hydrogen-bond acceptors (Lipinski definition) is 4. The normalized spacial score (nSPS) is 17.7. The largest absolute Gasteiger partial charge is 0.379 e. The van der Waals surface area contributed by atoms with Crippen LogP contribution in [0.3, 0.4) is 0 Å². The average molecular weight is 207 g/mol. The summed E-state index contributed by atoms with van der Waals surface area (Å²) in [6, 6.07) is 6.08. The second-order valence-electron chi connectivity index (χ2n) is 3.65. The summed E-state index contributed by atoms with van der Waals surface area (Å²) >= 11 is 0. The highest BCUT2D eigenvalue weighted by molar-refractivity contribution is 5.34. The number of rotatable bonds is 3. The van der Waals surface area contributed by atoms with Crippen LogP contribution < -0.4 is 5.32 Å². The van der Waals surface area contributed by atoms with Gasteiger partial charge in [-0.15, -0.1) is 0 Å². The lowest BCUT2D eigenvalue weighted by atomic mass is 10.3. The van der Waals surface area contributed by atoms with Crippen molar-refractivity contribution in [1.29, 1.82) is 0 Å². The number of nitrogens with zero attached hydrogens (tertiary/aromatic N) is 2. The van der Waals surface area contributed by atoms with E-state index in [9.17, 15) is 0 Å². The summed E-state index contributed by atoms with van der Waals surface area (Å²) < 4.78 is 5.31. The highest BCUT2D eigenvalue weighted by Crippen LogP contribution is 2.08. The van der Waals surface area contributed by atoms with E-state index >= 15 is 0 Å². The van der Waals surface area contributed by atoms with E-state index in [1.807, 2.05) is 19.2 Å². The molecule has 15 heavy (non-hydrogen) atoms. The zero-order chi connectivity index (χ0) is 10.5. The van der Waals surface area contributed by atoms with Gasteiger partial charge in [0.25, 0.3) is 0 Å². The Balaban J connectivity index is 1.96. The van der Waals surface area contributed by atoms with Gasteiger partial charge in [0.2, 0.25) is 0 Å². The topological polar surface area (TPSA) is 37.4 Å². The second-order valence-corrected chi connectivity index (χ2v) is 3.65. The van der Waals surface area contributed by atoms with Crippen LogP contribution in [-0.4, -0.2) is 43.2 Å². The molecular formula is C11H17N3O. The van der Waals surface area contributed by atoms with Gasteiger partial charge in [-0.3, -0.25) is 4.90 Å². The van der Waals surface area contributed by atoms with E-state index in [1.54, 1.807) is 0 Å². The van der Waals surface area contributed by atoms with Crippen molar-refractivity contribution in [3.63, 3.8) is 0 Å². The van der Waals surface area contributed by atoms with Crippen molar-refractivity contribution < 1.29 is 4.74 Å². The zero-order valence-electron chi connectivity index (χ0n) is 9.07. The summed E-state index contributed by atoms with van der Waals surface area (Å²) in [5, 5.41) is 3.05. The Morgan fingerprint density at radius 3 is 2.93 bits per heavy atom. The summed E-state index contributed by atoms with van der Waals surface area (Å²) in [6.07, 6.45) is 0. The molecule has 1 aromatic rings. The van der Waals surface area contributed by atoms with Gasteiger partial charge in [-0.2, -0.15) is 0 Å². The lowest BCUT2D eigenvalue weighted by molar-refractivity contribution is 0.0337. The predicted molar refractivity (Wildman–Crippen MR) is 59.9 cm³/mol. The summed E-state index contributed by atoms with van der Waals surface area (Å²) in [4.78, 5) is 6.86. The molecule has 1 aliphatic rings. The predicted octanol–water partition coefficient (Wildman–Crippen LogP) is 0.955. The molecule has 0 aromatic carbocycles. The van der Waals surface area contributed by atoms with Crippen LogP contribution in [0.5, 0.6) is 0 Å². The van der Waals surface area contributed by atoms with Gasteiger partial charge < -0.3 is 10.1 Å². The summed E-state index contributed by atoms with van der Waals surface area (Å²) in [7, 11) is 1.89. The number of nitrogens with one attached hydrogen (secondary N) is 1. The van der Waals surface area contributed by atoms with E-state index in [-0.39, 0.29) is 0 Å². The number of anilines is 1. The van der Waals surface area contributed by atoms with Crippen LogP contribution in [0.25, 0.3) is 0 Å². The first-order chi connectivity index (χ1) is 7.38. The van der Waals surface area contributed by atoms with Crippen molar-refractivity contribution in [2.24, 2.45) is 0 Å². The van der Waals surface area contributed by atoms with E-state index < -0.39 is 0 Å². The van der Waals surface area contributed by atoms with Crippen molar-refractivity contribution in [3.8, 4) is 0 Å². The van der Waals surface area contributed by atoms with E-state index in [1.165, 1.54) is 0 Å². The van der Waals surface area contributed by atoms with E-state index in [4.69, 9.17) is 4.74 Å². The molecule has 1 saturated heterocycles. The monoisotopic (exact) mass is 207 g/mol. The van der Waals surface area contributed by atoms with E-state index in [0.29, 0.717) is 0 Å². The van der Waals surface area contributed by atoms with Crippen molar-refractivity contribution >= 4 is 5.82 Å². The fourth-order valence-corrected chi connectivity index (χ4v) is 1.70. The summed E-state index contributed by atoms with van der Waals surface area (Å²) in [6.45, 7) is 4.60. The summed E-state index contributed by atoms with van der Waals surface area (Å²) in [5.41, 5.74) is 1.11. The van der Waals surface area contributed by atoms with Gasteiger partial charge in [0.1, 0.15) is 5.82 Å². The molecule has 1 N–H and O–H groups in total. The minimum absolute atomic E-state index is 0.839. The molecular weight excluding hydrogens is 190 g/mol. The molecule has 0 bridgehead atoms. The third-order valence-corrected chi connectivity index (χ3v) is 2.55. The van der Waals surface area contributed by atoms with Crippen LogP contribution in [0, 0.1) is 0 Å². The van der Waals surface area contributed by atoms with Gasteiger partial charge >= 0.3 is 0 Å². The van der Waals surface area contributed by atoms with Crippen LogP contribution in [-0.2, 0) is 11.3 Å². The Labute approximate surface area is 90.3 Å². The van der Waals surface area contributed by atoms with Gasteiger partial charge in [-0.05, 0) is 12.1 Å². The Bertz CT molecular complexity index is 310. The first kappa shape index (κ1) is 10.4. The van der Waals surface area contributed by atoms with E-state index in [2.05, 4.69) is 21.3 Å². The second kappa shape index (κ2) is 5.09. The van der Waals surface area contributed by atoms with Crippen molar-refractivity contribution in [3.05, 3.63) is 23.9 Å². The van der Waals surface area contributed by atoms with Crippen LogP contribution >= 0.6 is 0 Å². The molecule has 4 nitrogen and oxygen atoms in total. The Hall–Kier alpha value is -1.13. The summed E-state index contributed by atoms with van der Waals surface area (Å²) in [5.74, 6) is 0.931. The quantitative estimate of drug-likeness (QED) is 0.801. The number of pyridine rings is 1. The number of morpholine rings is 1. The number of aromatic nitrogens is 1. The molecule has 0 aliphatic carbocycles. The van der Waals surface area contributed by atoms with Crippen LogP contribution in [0.15, 0.2) is 18.2 Å². The number of hydrogen-bond donors (Lipinski definition) is 1. The third-order valence-electron chi connectivity index (χ3n) is 2.55. The first-order valence-electron chi connectivity index (χ1n) is 5.32. The first-order valence-corrected chi connectivity index (χ1v) is 5.32. The maximum absolute atomic E-state index is 5.31. The Kier molecular flexibility index (Phi) is 3.53. The lowest BCUT2D eigenvalue weighted by Crippen LogP contribution is -2.35. The van der Waals surface area contributed by atoms with Crippen molar-refractivity contribution in [1.82, 2.24) is 9.88 Å². The third kappa shape index (κ3) is 2.91. The molecule has 0 spiro atoms. The fraction of sp³-hybridized carbons (Fsp3) is 0.545. The minimum atomic E-state index is 0.839. The van der Waals surface area contributed by atoms with Crippen molar-refractivity contribution in [2.45, 2.75) is 6.54 Å². The van der Waals surface area contributed by atoms with Crippen molar-refractivity contribution in [2.75, 3.05) is 38.7 Å². The molecule has 82 valence electrons. The van der Waals surface area contributed by atoms with E-state index in [0.717, 1.165) is 44.4 Å². The standard InChI is InChI=1S/C11H17N3O/c1-12-11-4-2-3-10(13-11)9-14-5-7-15-8-6-14/h2-4H,5-9H2,1H3,(H,12,13). The molecule has 0 radical (unpaired) electrons. The molecule has 0 saturated carbocycles. The van der Waals surface area contributed by atoms with Gasteiger partial charge in [-0.1, -0.05) is 6.07 Å². The highest BCUT2D eigenvalue weighted by Gasteiger charge is 2.11. The zero-order valence-corrected chi connectivity index (χ0v) is 9.07. The van der Waals surface area contributed by atoms with Gasteiger partial charge in [0.05, 0.1) is 18.9 Å². The SMILES string of the molecule is CNc1cccc(CN2CCOCC2)n1. The maximum atomic E-state index is 5.31. The lowest BCUT2D eigenvalue weighted by Gasteiger charge is -2.26. The Morgan fingerprint density at radius 2 is 2.20 bits per heavy atom.